The lowest BCUT2D eigenvalue weighted by molar-refractivity contribution is -0.115. The molecular weight excluding hydrogens is 385 g/mol. The van der Waals surface area contributed by atoms with Crippen molar-refractivity contribution in [1.29, 1.82) is 0 Å². The van der Waals surface area contributed by atoms with Gasteiger partial charge in [0.1, 0.15) is 0 Å². The zero-order valence-electron chi connectivity index (χ0n) is 13.8. The standard InChI is InChI=1S/C16H19Cl2N5O.ClH/c1-23-16(21-15(22-23)10-5-7-19-8-6-10)20-14(24)9-11-12(17)3-2-4-13(11)18;/h2-4,10,19H,5-9H2,1H3,(H,20,21,22,24);1H. The number of piperidine rings is 1. The predicted octanol–water partition coefficient (Wildman–Crippen LogP) is 3.19. The molecule has 0 radical (unpaired) electrons. The molecule has 0 unspecified atom stereocenters. The maximum Gasteiger partial charge on any atom is 0.231 e. The fourth-order valence-electron chi connectivity index (χ4n) is 2.80. The summed E-state index contributed by atoms with van der Waals surface area (Å²) in [4.78, 5) is 16.8. The topological polar surface area (TPSA) is 71.8 Å². The molecule has 6 nitrogen and oxygen atoms in total. The predicted molar refractivity (Wildman–Crippen MR) is 102 cm³/mol. The number of aromatic nitrogens is 3. The van der Waals surface area contributed by atoms with E-state index in [1.54, 1.807) is 29.9 Å². The Morgan fingerprint density at radius 3 is 2.60 bits per heavy atom. The number of rotatable bonds is 4. The van der Waals surface area contributed by atoms with Crippen LogP contribution in [-0.2, 0) is 18.3 Å². The molecule has 3 rings (SSSR count). The molecule has 2 heterocycles. The number of amides is 1. The zero-order chi connectivity index (χ0) is 17.1. The van der Waals surface area contributed by atoms with Gasteiger partial charge < -0.3 is 5.32 Å². The summed E-state index contributed by atoms with van der Waals surface area (Å²) in [5.41, 5.74) is 0.610. The Morgan fingerprint density at radius 1 is 1.32 bits per heavy atom. The molecule has 25 heavy (non-hydrogen) atoms. The number of hydrogen-bond acceptors (Lipinski definition) is 4. The molecule has 1 fully saturated rings. The van der Waals surface area contributed by atoms with Crippen LogP contribution in [0.25, 0.3) is 0 Å². The fraction of sp³-hybridized carbons (Fsp3) is 0.438. The van der Waals surface area contributed by atoms with E-state index in [0.29, 0.717) is 27.5 Å². The molecule has 1 aliphatic heterocycles. The van der Waals surface area contributed by atoms with Crippen LogP contribution in [0.1, 0.15) is 30.1 Å². The van der Waals surface area contributed by atoms with Crippen LogP contribution < -0.4 is 10.6 Å². The Balaban J connectivity index is 0.00000225. The van der Waals surface area contributed by atoms with Gasteiger partial charge in [-0.1, -0.05) is 29.3 Å². The minimum atomic E-state index is -0.225. The highest BCUT2D eigenvalue weighted by atomic mass is 35.5. The normalized spacial score (nSPS) is 14.8. The Hall–Kier alpha value is -1.34. The molecule has 1 aliphatic rings. The van der Waals surface area contributed by atoms with Crippen LogP contribution in [0, 0.1) is 0 Å². The van der Waals surface area contributed by atoms with E-state index < -0.39 is 0 Å². The summed E-state index contributed by atoms with van der Waals surface area (Å²) in [6.07, 6.45) is 2.10. The molecule has 136 valence electrons. The smallest absolute Gasteiger partial charge is 0.231 e. The van der Waals surface area contributed by atoms with Gasteiger partial charge in [0.25, 0.3) is 0 Å². The monoisotopic (exact) mass is 403 g/mol. The highest BCUT2D eigenvalue weighted by Crippen LogP contribution is 2.26. The van der Waals surface area contributed by atoms with Gasteiger partial charge in [-0.05, 0) is 43.6 Å². The molecule has 9 heteroatoms. The minimum absolute atomic E-state index is 0. The largest absolute Gasteiger partial charge is 0.317 e. The van der Waals surface area contributed by atoms with Crippen LogP contribution >= 0.6 is 35.6 Å². The van der Waals surface area contributed by atoms with Crippen LogP contribution in [0.2, 0.25) is 10.0 Å². The van der Waals surface area contributed by atoms with Crippen molar-refractivity contribution in [1.82, 2.24) is 20.1 Å². The maximum absolute atomic E-state index is 12.3. The van der Waals surface area contributed by atoms with Gasteiger partial charge in [0.2, 0.25) is 11.9 Å². The van der Waals surface area contributed by atoms with Gasteiger partial charge in [0.15, 0.2) is 5.82 Å². The first-order chi connectivity index (χ1) is 11.5. The van der Waals surface area contributed by atoms with Crippen molar-refractivity contribution in [2.75, 3.05) is 18.4 Å². The van der Waals surface area contributed by atoms with Crippen molar-refractivity contribution in [2.45, 2.75) is 25.2 Å². The van der Waals surface area contributed by atoms with E-state index in [1.807, 2.05) is 0 Å². The van der Waals surface area contributed by atoms with E-state index in [1.165, 1.54) is 0 Å². The van der Waals surface area contributed by atoms with Crippen molar-refractivity contribution < 1.29 is 4.79 Å². The SMILES string of the molecule is Cl.Cn1nc(C2CCNCC2)nc1NC(=O)Cc1c(Cl)cccc1Cl. The summed E-state index contributed by atoms with van der Waals surface area (Å²) < 4.78 is 1.60. The van der Waals surface area contributed by atoms with Crippen molar-refractivity contribution >= 4 is 47.5 Å². The summed E-state index contributed by atoms with van der Waals surface area (Å²) in [7, 11) is 1.77. The van der Waals surface area contributed by atoms with Crippen LogP contribution in [0.5, 0.6) is 0 Å². The number of nitrogens with one attached hydrogen (secondary N) is 2. The number of hydrogen-bond donors (Lipinski definition) is 2. The van der Waals surface area contributed by atoms with Gasteiger partial charge >= 0.3 is 0 Å². The number of aryl methyl sites for hydroxylation is 1. The second-order valence-electron chi connectivity index (χ2n) is 5.87. The highest BCUT2D eigenvalue weighted by molar-refractivity contribution is 6.36. The van der Waals surface area contributed by atoms with Crippen molar-refractivity contribution in [3.05, 3.63) is 39.6 Å². The summed E-state index contributed by atoms with van der Waals surface area (Å²) in [6.45, 7) is 1.94. The number of nitrogens with zero attached hydrogens (tertiary/aromatic N) is 3. The Kier molecular flexibility index (Phi) is 7.07. The van der Waals surface area contributed by atoms with E-state index in [9.17, 15) is 4.79 Å². The van der Waals surface area contributed by atoms with Crippen molar-refractivity contribution in [3.63, 3.8) is 0 Å². The van der Waals surface area contributed by atoms with Gasteiger partial charge in [-0.3, -0.25) is 10.1 Å². The maximum atomic E-state index is 12.3. The number of benzene rings is 1. The third kappa shape index (κ3) is 4.85. The first-order valence-electron chi connectivity index (χ1n) is 7.89. The van der Waals surface area contributed by atoms with E-state index >= 15 is 0 Å². The molecule has 1 aromatic carbocycles. The zero-order valence-corrected chi connectivity index (χ0v) is 16.1. The molecule has 0 bridgehead atoms. The summed E-state index contributed by atoms with van der Waals surface area (Å²) in [6, 6.07) is 5.18. The summed E-state index contributed by atoms with van der Waals surface area (Å²) in [5.74, 6) is 1.33. The Bertz CT molecular complexity index is 723. The molecule has 0 spiro atoms. The number of anilines is 1. The summed E-state index contributed by atoms with van der Waals surface area (Å²) in [5, 5.41) is 11.5. The third-order valence-electron chi connectivity index (χ3n) is 4.13. The second-order valence-corrected chi connectivity index (χ2v) is 6.68. The molecular formula is C16H20Cl3N5O. The first kappa shape index (κ1) is 20.0. The van der Waals surface area contributed by atoms with Crippen molar-refractivity contribution in [3.8, 4) is 0 Å². The van der Waals surface area contributed by atoms with Crippen molar-refractivity contribution in [2.24, 2.45) is 7.05 Å². The molecule has 2 N–H and O–H groups in total. The first-order valence-corrected chi connectivity index (χ1v) is 8.64. The fourth-order valence-corrected chi connectivity index (χ4v) is 3.33. The minimum Gasteiger partial charge on any atom is -0.317 e. The Labute approximate surface area is 162 Å². The lowest BCUT2D eigenvalue weighted by atomic mass is 9.98. The average Bonchev–Trinajstić information content (AvgIpc) is 2.93. The summed E-state index contributed by atoms with van der Waals surface area (Å²) >= 11 is 12.2. The van der Waals surface area contributed by atoms with Crippen LogP contribution in [0.15, 0.2) is 18.2 Å². The highest BCUT2D eigenvalue weighted by Gasteiger charge is 2.21. The molecule has 2 aromatic rings. The van der Waals surface area contributed by atoms with Gasteiger partial charge in [0.05, 0.1) is 6.42 Å². The number of carbonyl (C=O) groups excluding carboxylic acids is 1. The quantitative estimate of drug-likeness (QED) is 0.821. The molecule has 0 saturated carbocycles. The lowest BCUT2D eigenvalue weighted by Gasteiger charge is -2.19. The number of carbonyl (C=O) groups is 1. The van der Waals surface area contributed by atoms with E-state index in [2.05, 4.69) is 20.7 Å². The van der Waals surface area contributed by atoms with Crippen LogP contribution in [0.3, 0.4) is 0 Å². The molecule has 1 aromatic heterocycles. The van der Waals surface area contributed by atoms with E-state index in [-0.39, 0.29) is 24.7 Å². The third-order valence-corrected chi connectivity index (χ3v) is 4.84. The van der Waals surface area contributed by atoms with Gasteiger partial charge in [-0.2, -0.15) is 10.1 Å². The number of halogens is 3. The molecule has 1 saturated heterocycles. The second kappa shape index (κ2) is 8.85. The molecule has 1 amide bonds. The molecule has 0 aliphatic carbocycles. The average molecular weight is 405 g/mol. The lowest BCUT2D eigenvalue weighted by Crippen LogP contribution is -2.27. The van der Waals surface area contributed by atoms with E-state index in [4.69, 9.17) is 23.2 Å². The van der Waals surface area contributed by atoms with Gasteiger partial charge in [-0.15, -0.1) is 12.4 Å². The van der Waals surface area contributed by atoms with Crippen LogP contribution in [-0.4, -0.2) is 33.8 Å². The Morgan fingerprint density at radius 2 is 1.96 bits per heavy atom. The van der Waals surface area contributed by atoms with Crippen LogP contribution in [0.4, 0.5) is 5.95 Å². The molecule has 0 atom stereocenters. The van der Waals surface area contributed by atoms with E-state index in [0.717, 1.165) is 31.8 Å². The van der Waals surface area contributed by atoms with Gasteiger partial charge in [-0.25, -0.2) is 4.68 Å². The van der Waals surface area contributed by atoms with Gasteiger partial charge in [0, 0.05) is 23.0 Å².